The minimum atomic E-state index is -3.91. The van der Waals surface area contributed by atoms with E-state index < -0.39 is 21.7 Å². The van der Waals surface area contributed by atoms with Gasteiger partial charge < -0.3 is 5.32 Å². The molecule has 2 aromatic carbocycles. The van der Waals surface area contributed by atoms with Gasteiger partial charge in [0.1, 0.15) is 5.82 Å². The second-order valence-electron chi connectivity index (χ2n) is 4.94. The largest absolute Gasteiger partial charge is 0.322 e. The van der Waals surface area contributed by atoms with Crippen LogP contribution in [0.25, 0.3) is 0 Å². The van der Waals surface area contributed by atoms with Gasteiger partial charge in [-0.3, -0.25) is 4.79 Å². The Morgan fingerprint density at radius 1 is 1.09 bits per heavy atom. The number of aryl methyl sites for hydroxylation is 2. The van der Waals surface area contributed by atoms with Gasteiger partial charge in [-0.1, -0.05) is 6.07 Å². The molecule has 0 heterocycles. The van der Waals surface area contributed by atoms with Gasteiger partial charge in [0.25, 0.3) is 5.91 Å². The van der Waals surface area contributed by atoms with Crippen LogP contribution in [0.2, 0.25) is 0 Å². The van der Waals surface area contributed by atoms with Crippen LogP contribution in [0.1, 0.15) is 21.5 Å². The monoisotopic (exact) mass is 322 g/mol. The van der Waals surface area contributed by atoms with Gasteiger partial charge in [0, 0.05) is 11.3 Å². The Labute approximate surface area is 128 Å². The van der Waals surface area contributed by atoms with Gasteiger partial charge in [-0.2, -0.15) is 0 Å². The average Bonchev–Trinajstić information content (AvgIpc) is 2.41. The zero-order chi connectivity index (χ0) is 16.5. The predicted molar refractivity (Wildman–Crippen MR) is 81.6 cm³/mol. The van der Waals surface area contributed by atoms with E-state index in [0.717, 1.165) is 0 Å². The van der Waals surface area contributed by atoms with E-state index in [1.807, 2.05) is 0 Å². The van der Waals surface area contributed by atoms with Gasteiger partial charge in [-0.15, -0.1) is 0 Å². The number of carbonyl (C=O) groups excluding carboxylic acids is 1. The minimum absolute atomic E-state index is 0.101. The molecule has 2 rings (SSSR count). The van der Waals surface area contributed by atoms with Crippen LogP contribution in [0.5, 0.6) is 0 Å². The summed E-state index contributed by atoms with van der Waals surface area (Å²) in [5.41, 5.74) is 1.62. The van der Waals surface area contributed by atoms with Crippen LogP contribution in [0, 0.1) is 19.7 Å². The van der Waals surface area contributed by atoms with Crippen molar-refractivity contribution in [2.75, 3.05) is 5.32 Å². The van der Waals surface area contributed by atoms with Gasteiger partial charge in [0.15, 0.2) is 0 Å². The lowest BCUT2D eigenvalue weighted by Gasteiger charge is -2.10. The Morgan fingerprint density at radius 2 is 1.77 bits per heavy atom. The summed E-state index contributed by atoms with van der Waals surface area (Å²) in [7, 11) is -3.91. The van der Waals surface area contributed by atoms with E-state index in [9.17, 15) is 17.6 Å². The topological polar surface area (TPSA) is 89.3 Å². The highest BCUT2D eigenvalue weighted by molar-refractivity contribution is 7.89. The molecule has 0 fully saturated rings. The normalized spacial score (nSPS) is 11.3. The highest BCUT2D eigenvalue weighted by Gasteiger charge is 2.15. The number of carbonyl (C=O) groups is 1. The van der Waals surface area contributed by atoms with Crippen LogP contribution in [0.3, 0.4) is 0 Å². The molecule has 7 heteroatoms. The number of nitrogens with one attached hydrogen (secondary N) is 1. The summed E-state index contributed by atoms with van der Waals surface area (Å²) < 4.78 is 36.0. The number of amides is 1. The molecule has 0 unspecified atom stereocenters. The standard InChI is InChI=1S/C15H15FN2O3S/c1-9-3-4-11(8-14(9)22(17,20)21)15(19)18-13-6-5-12(16)7-10(13)2/h3-8H,1-2H3,(H,18,19)(H2,17,20,21). The number of hydrogen-bond donors (Lipinski definition) is 2. The smallest absolute Gasteiger partial charge is 0.255 e. The Kier molecular flexibility index (Phi) is 4.30. The molecule has 116 valence electrons. The first-order valence-electron chi connectivity index (χ1n) is 6.39. The van der Waals surface area contributed by atoms with E-state index in [4.69, 9.17) is 5.14 Å². The number of halogens is 1. The molecule has 0 radical (unpaired) electrons. The second kappa shape index (κ2) is 5.86. The zero-order valence-electron chi connectivity index (χ0n) is 12.1. The average molecular weight is 322 g/mol. The molecule has 0 saturated carbocycles. The number of anilines is 1. The van der Waals surface area contributed by atoms with Crippen LogP contribution in [-0.4, -0.2) is 14.3 Å². The third kappa shape index (κ3) is 3.49. The van der Waals surface area contributed by atoms with Crippen molar-refractivity contribution in [2.45, 2.75) is 18.7 Å². The van der Waals surface area contributed by atoms with Gasteiger partial charge in [-0.25, -0.2) is 17.9 Å². The van der Waals surface area contributed by atoms with E-state index in [1.165, 1.54) is 36.4 Å². The van der Waals surface area contributed by atoms with Crippen LogP contribution in [-0.2, 0) is 10.0 Å². The molecular weight excluding hydrogens is 307 g/mol. The maximum absolute atomic E-state index is 13.0. The first kappa shape index (κ1) is 16.1. The minimum Gasteiger partial charge on any atom is -0.322 e. The molecule has 5 nitrogen and oxygen atoms in total. The van der Waals surface area contributed by atoms with Crippen molar-refractivity contribution in [1.82, 2.24) is 0 Å². The third-order valence-electron chi connectivity index (χ3n) is 3.19. The molecule has 0 atom stereocenters. The third-order valence-corrected chi connectivity index (χ3v) is 4.25. The van der Waals surface area contributed by atoms with Crippen LogP contribution in [0.4, 0.5) is 10.1 Å². The van der Waals surface area contributed by atoms with E-state index in [1.54, 1.807) is 13.8 Å². The fourth-order valence-electron chi connectivity index (χ4n) is 2.01. The lowest BCUT2D eigenvalue weighted by Crippen LogP contribution is -2.17. The Bertz CT molecular complexity index is 848. The molecule has 0 saturated heterocycles. The molecule has 0 aliphatic rings. The highest BCUT2D eigenvalue weighted by atomic mass is 32.2. The van der Waals surface area contributed by atoms with Crippen LogP contribution >= 0.6 is 0 Å². The summed E-state index contributed by atoms with van der Waals surface area (Å²) in [6.07, 6.45) is 0. The fourth-order valence-corrected chi connectivity index (χ4v) is 2.82. The maximum Gasteiger partial charge on any atom is 0.255 e. The number of hydrogen-bond acceptors (Lipinski definition) is 3. The van der Waals surface area contributed by atoms with Crippen molar-refractivity contribution in [3.05, 3.63) is 58.9 Å². The zero-order valence-corrected chi connectivity index (χ0v) is 12.9. The van der Waals surface area contributed by atoms with Crippen molar-refractivity contribution < 1.29 is 17.6 Å². The molecule has 3 N–H and O–H groups in total. The molecule has 0 aliphatic carbocycles. The number of rotatable bonds is 3. The van der Waals surface area contributed by atoms with Crippen molar-refractivity contribution >= 4 is 21.6 Å². The molecule has 0 aromatic heterocycles. The summed E-state index contributed by atoms with van der Waals surface area (Å²) >= 11 is 0. The number of primary sulfonamides is 1. The Balaban J connectivity index is 2.34. The highest BCUT2D eigenvalue weighted by Crippen LogP contribution is 2.19. The van der Waals surface area contributed by atoms with Crippen LogP contribution in [0.15, 0.2) is 41.3 Å². The van der Waals surface area contributed by atoms with Crippen molar-refractivity contribution in [2.24, 2.45) is 5.14 Å². The van der Waals surface area contributed by atoms with Crippen LogP contribution < -0.4 is 10.5 Å². The maximum atomic E-state index is 13.0. The van der Waals surface area contributed by atoms with Crippen molar-refractivity contribution in [1.29, 1.82) is 0 Å². The predicted octanol–water partition coefficient (Wildman–Crippen LogP) is 2.34. The Hall–Kier alpha value is -2.25. The molecular formula is C15H15FN2O3S. The summed E-state index contributed by atoms with van der Waals surface area (Å²) in [6.45, 7) is 3.25. The number of nitrogens with two attached hydrogens (primary N) is 1. The summed E-state index contributed by atoms with van der Waals surface area (Å²) in [4.78, 5) is 12.1. The summed E-state index contributed by atoms with van der Waals surface area (Å²) in [5.74, 6) is -0.901. The molecule has 0 aliphatic heterocycles. The van der Waals surface area contributed by atoms with Gasteiger partial charge >= 0.3 is 0 Å². The first-order chi connectivity index (χ1) is 10.2. The van der Waals surface area contributed by atoms with E-state index in [2.05, 4.69) is 5.32 Å². The molecule has 22 heavy (non-hydrogen) atoms. The van der Waals surface area contributed by atoms with E-state index in [0.29, 0.717) is 16.8 Å². The molecule has 1 amide bonds. The molecule has 2 aromatic rings. The summed E-state index contributed by atoms with van der Waals surface area (Å²) in [5, 5.41) is 7.73. The van der Waals surface area contributed by atoms with Gasteiger partial charge in [0.2, 0.25) is 10.0 Å². The van der Waals surface area contributed by atoms with Gasteiger partial charge in [-0.05, 0) is 55.3 Å². The van der Waals surface area contributed by atoms with Crippen molar-refractivity contribution in [3.8, 4) is 0 Å². The molecule has 0 spiro atoms. The quantitative estimate of drug-likeness (QED) is 0.909. The number of benzene rings is 2. The Morgan fingerprint density at radius 3 is 2.36 bits per heavy atom. The lowest BCUT2D eigenvalue weighted by molar-refractivity contribution is 0.102. The molecule has 0 bridgehead atoms. The van der Waals surface area contributed by atoms with E-state index in [-0.39, 0.29) is 10.5 Å². The SMILES string of the molecule is Cc1cc(F)ccc1NC(=O)c1ccc(C)c(S(N)(=O)=O)c1. The lowest BCUT2D eigenvalue weighted by atomic mass is 10.1. The fraction of sp³-hybridized carbons (Fsp3) is 0.133. The van der Waals surface area contributed by atoms with E-state index >= 15 is 0 Å². The summed E-state index contributed by atoms with van der Waals surface area (Å²) in [6, 6.07) is 8.19. The second-order valence-corrected chi connectivity index (χ2v) is 6.47. The van der Waals surface area contributed by atoms with Crippen molar-refractivity contribution in [3.63, 3.8) is 0 Å². The van der Waals surface area contributed by atoms with Gasteiger partial charge in [0.05, 0.1) is 4.90 Å². The number of sulfonamides is 1. The first-order valence-corrected chi connectivity index (χ1v) is 7.94.